The molecule has 0 radical (unpaired) electrons. The van der Waals surface area contributed by atoms with Gasteiger partial charge in [0.1, 0.15) is 17.3 Å². The van der Waals surface area contributed by atoms with Gasteiger partial charge in [-0.15, -0.1) is 0 Å². The van der Waals surface area contributed by atoms with Crippen molar-refractivity contribution in [1.29, 1.82) is 0 Å². The van der Waals surface area contributed by atoms with Crippen LogP contribution in [-0.2, 0) is 17.8 Å². The molecule has 1 aromatic carbocycles. The highest BCUT2D eigenvalue weighted by Crippen LogP contribution is 2.15. The summed E-state index contributed by atoms with van der Waals surface area (Å²) in [6.07, 6.45) is -0.615. The third-order valence-electron chi connectivity index (χ3n) is 3.67. The number of furan rings is 1. The van der Waals surface area contributed by atoms with Crippen molar-refractivity contribution < 1.29 is 18.7 Å². The quantitative estimate of drug-likeness (QED) is 0.785. The van der Waals surface area contributed by atoms with Crippen molar-refractivity contribution in [2.24, 2.45) is 0 Å². The summed E-state index contributed by atoms with van der Waals surface area (Å²) in [5.41, 5.74) is 0.689. The predicted octanol–water partition coefficient (Wildman–Crippen LogP) is 3.91. The van der Waals surface area contributed by atoms with Crippen LogP contribution in [0.1, 0.15) is 37.9 Å². The maximum atomic E-state index is 13.1. The van der Waals surface area contributed by atoms with Crippen LogP contribution >= 0.6 is 0 Å². The number of hydrogen-bond donors (Lipinski definition) is 1. The lowest BCUT2D eigenvalue weighted by atomic mass is 10.2. The molecule has 1 aromatic heterocycles. The van der Waals surface area contributed by atoms with E-state index in [0.29, 0.717) is 19.6 Å². The average molecular weight is 349 g/mol. The van der Waals surface area contributed by atoms with E-state index in [1.165, 1.54) is 12.1 Å². The van der Waals surface area contributed by atoms with Crippen LogP contribution in [0.25, 0.3) is 0 Å². The van der Waals surface area contributed by atoms with Gasteiger partial charge in [0.15, 0.2) is 0 Å². The summed E-state index contributed by atoms with van der Waals surface area (Å²) in [5.74, 6) is 1.44. The van der Waals surface area contributed by atoms with E-state index in [2.05, 4.69) is 4.90 Å². The van der Waals surface area contributed by atoms with Gasteiger partial charge in [-0.3, -0.25) is 4.90 Å². The second-order valence-corrected chi connectivity index (χ2v) is 7.39. The van der Waals surface area contributed by atoms with E-state index in [0.717, 1.165) is 17.1 Å². The zero-order valence-electron chi connectivity index (χ0n) is 15.5. The Labute approximate surface area is 149 Å². The minimum atomic E-state index is -0.615. The molecular formula is C20H28FNO3. The van der Waals surface area contributed by atoms with Gasteiger partial charge in [-0.1, -0.05) is 12.1 Å². The van der Waals surface area contributed by atoms with Crippen LogP contribution in [-0.4, -0.2) is 34.9 Å². The van der Waals surface area contributed by atoms with Crippen molar-refractivity contribution in [2.45, 2.75) is 52.5 Å². The van der Waals surface area contributed by atoms with Crippen LogP contribution in [0.4, 0.5) is 4.39 Å². The second kappa shape index (κ2) is 8.61. The van der Waals surface area contributed by atoms with Gasteiger partial charge in [-0.25, -0.2) is 4.39 Å². The molecular weight excluding hydrogens is 321 g/mol. The van der Waals surface area contributed by atoms with Gasteiger partial charge < -0.3 is 14.3 Å². The molecule has 0 saturated heterocycles. The fourth-order valence-electron chi connectivity index (χ4n) is 2.52. The van der Waals surface area contributed by atoms with Crippen LogP contribution in [0.5, 0.6) is 0 Å². The Morgan fingerprint density at radius 1 is 1.12 bits per heavy atom. The molecule has 0 unspecified atom stereocenters. The highest BCUT2D eigenvalue weighted by atomic mass is 19.1. The number of aliphatic hydroxyl groups excluding tert-OH is 1. The fourth-order valence-corrected chi connectivity index (χ4v) is 2.52. The van der Waals surface area contributed by atoms with Crippen LogP contribution in [0.2, 0.25) is 0 Å². The molecule has 0 aliphatic heterocycles. The molecule has 1 N–H and O–H groups in total. The zero-order chi connectivity index (χ0) is 18.4. The molecule has 4 nitrogen and oxygen atoms in total. The van der Waals surface area contributed by atoms with E-state index in [4.69, 9.17) is 9.15 Å². The van der Waals surface area contributed by atoms with Crippen molar-refractivity contribution in [3.05, 3.63) is 59.3 Å². The largest absolute Gasteiger partial charge is 0.465 e. The lowest BCUT2D eigenvalue weighted by Crippen LogP contribution is -2.36. The first-order chi connectivity index (χ1) is 11.7. The van der Waals surface area contributed by atoms with Crippen LogP contribution in [0, 0.1) is 12.7 Å². The molecule has 0 aliphatic carbocycles. The Kier molecular flexibility index (Phi) is 6.76. The predicted molar refractivity (Wildman–Crippen MR) is 95.7 cm³/mol. The molecule has 0 fully saturated rings. The number of hydrogen-bond acceptors (Lipinski definition) is 4. The maximum absolute atomic E-state index is 13.1. The molecule has 0 aliphatic rings. The molecule has 2 rings (SSSR count). The number of aryl methyl sites for hydroxylation is 1. The number of halogens is 1. The van der Waals surface area contributed by atoms with Crippen LogP contribution in [0.15, 0.2) is 40.8 Å². The molecule has 5 heteroatoms. The summed E-state index contributed by atoms with van der Waals surface area (Å²) in [6.45, 7) is 9.64. The smallest absolute Gasteiger partial charge is 0.123 e. The standard InChI is InChI=1S/C20H28FNO3/c1-15-5-10-19(25-15)13-22(11-16-6-8-17(21)9-7-16)12-18(23)14-24-20(2,3)4/h5-10,18,23H,11-14H2,1-4H3/t18-/m1/s1. The van der Waals surface area contributed by atoms with Crippen LogP contribution < -0.4 is 0 Å². The number of aliphatic hydroxyl groups is 1. The Balaban J connectivity index is 2.01. The van der Waals surface area contributed by atoms with Crippen molar-refractivity contribution in [3.63, 3.8) is 0 Å². The van der Waals surface area contributed by atoms with Gasteiger partial charge in [0, 0.05) is 13.1 Å². The summed E-state index contributed by atoms with van der Waals surface area (Å²) >= 11 is 0. The first-order valence-electron chi connectivity index (χ1n) is 8.55. The van der Waals surface area contributed by atoms with E-state index >= 15 is 0 Å². The van der Waals surface area contributed by atoms with Gasteiger partial charge >= 0.3 is 0 Å². The highest BCUT2D eigenvalue weighted by molar-refractivity contribution is 5.16. The summed E-state index contributed by atoms with van der Waals surface area (Å²) < 4.78 is 24.4. The average Bonchev–Trinajstić information content (AvgIpc) is 2.92. The summed E-state index contributed by atoms with van der Waals surface area (Å²) in [4.78, 5) is 2.07. The Morgan fingerprint density at radius 3 is 2.36 bits per heavy atom. The molecule has 2 aromatic rings. The van der Waals surface area contributed by atoms with Gasteiger partial charge in [-0.2, -0.15) is 0 Å². The van der Waals surface area contributed by atoms with Crippen molar-refractivity contribution in [1.82, 2.24) is 4.90 Å². The Hall–Kier alpha value is -1.69. The van der Waals surface area contributed by atoms with E-state index < -0.39 is 6.10 Å². The van der Waals surface area contributed by atoms with Gasteiger partial charge in [0.2, 0.25) is 0 Å². The topological polar surface area (TPSA) is 45.8 Å². The van der Waals surface area contributed by atoms with Gasteiger partial charge in [0.05, 0.1) is 24.9 Å². The third kappa shape index (κ3) is 7.38. The van der Waals surface area contributed by atoms with Gasteiger partial charge in [-0.05, 0) is 57.5 Å². The highest BCUT2D eigenvalue weighted by Gasteiger charge is 2.18. The van der Waals surface area contributed by atoms with Crippen molar-refractivity contribution in [3.8, 4) is 0 Å². The summed E-state index contributed by atoms with van der Waals surface area (Å²) in [7, 11) is 0. The van der Waals surface area contributed by atoms with E-state index in [1.807, 2.05) is 39.8 Å². The van der Waals surface area contributed by atoms with Crippen molar-refractivity contribution >= 4 is 0 Å². The fraction of sp³-hybridized carbons (Fsp3) is 0.500. The molecule has 0 saturated carbocycles. The molecule has 1 heterocycles. The van der Waals surface area contributed by atoms with Gasteiger partial charge in [0.25, 0.3) is 0 Å². The number of nitrogens with zero attached hydrogens (tertiary/aromatic N) is 1. The minimum Gasteiger partial charge on any atom is -0.465 e. The minimum absolute atomic E-state index is 0.254. The first kappa shape index (κ1) is 19.6. The monoisotopic (exact) mass is 349 g/mol. The number of rotatable bonds is 8. The maximum Gasteiger partial charge on any atom is 0.123 e. The summed E-state index contributed by atoms with van der Waals surface area (Å²) in [6, 6.07) is 10.3. The lowest BCUT2D eigenvalue weighted by Gasteiger charge is -2.27. The molecule has 25 heavy (non-hydrogen) atoms. The molecule has 0 spiro atoms. The van der Waals surface area contributed by atoms with E-state index in [9.17, 15) is 9.50 Å². The molecule has 138 valence electrons. The Morgan fingerprint density at radius 2 is 1.80 bits per heavy atom. The normalized spacial score (nSPS) is 13.4. The number of benzene rings is 1. The molecule has 0 bridgehead atoms. The Bertz CT molecular complexity index is 646. The van der Waals surface area contributed by atoms with E-state index in [1.54, 1.807) is 12.1 Å². The first-order valence-corrected chi connectivity index (χ1v) is 8.55. The zero-order valence-corrected chi connectivity index (χ0v) is 15.5. The van der Waals surface area contributed by atoms with E-state index in [-0.39, 0.29) is 18.0 Å². The lowest BCUT2D eigenvalue weighted by molar-refractivity contribution is -0.0576. The van der Waals surface area contributed by atoms with Crippen LogP contribution in [0.3, 0.4) is 0 Å². The third-order valence-corrected chi connectivity index (χ3v) is 3.67. The summed E-state index contributed by atoms with van der Waals surface area (Å²) in [5, 5.41) is 10.3. The number of ether oxygens (including phenoxy) is 1. The van der Waals surface area contributed by atoms with Crippen molar-refractivity contribution in [2.75, 3.05) is 13.2 Å². The molecule has 1 atom stereocenters. The SMILES string of the molecule is Cc1ccc(CN(Cc2ccc(F)cc2)C[C@@H](O)COC(C)(C)C)o1. The molecule has 0 amide bonds. The second-order valence-electron chi connectivity index (χ2n) is 7.39.